The van der Waals surface area contributed by atoms with E-state index in [1.807, 2.05) is 0 Å². The van der Waals surface area contributed by atoms with Crippen LogP contribution in [0.5, 0.6) is 0 Å². The molecule has 1 saturated heterocycles. The first-order valence-corrected chi connectivity index (χ1v) is 6.37. The number of nitrogens with one attached hydrogen (secondary N) is 2. The number of rotatable bonds is 5. The fraction of sp³-hybridized carbons (Fsp3) is 0.909. The van der Waals surface area contributed by atoms with E-state index in [0.717, 1.165) is 31.2 Å². The molecule has 1 aliphatic rings. The molecule has 0 bridgehead atoms. The zero-order chi connectivity index (χ0) is 10.9. The van der Waals surface area contributed by atoms with Crippen molar-refractivity contribution in [1.82, 2.24) is 10.6 Å². The molecule has 0 aromatic carbocycles. The van der Waals surface area contributed by atoms with Gasteiger partial charge in [-0.3, -0.25) is 0 Å². The minimum Gasteiger partial charge on any atom is -0.376 e. The van der Waals surface area contributed by atoms with Gasteiger partial charge in [-0.2, -0.15) is 0 Å². The summed E-state index contributed by atoms with van der Waals surface area (Å²) in [6.07, 6.45) is 6.36. The van der Waals surface area contributed by atoms with Crippen molar-refractivity contribution in [3.8, 4) is 0 Å². The van der Waals surface area contributed by atoms with Crippen LogP contribution < -0.4 is 10.6 Å². The fourth-order valence-electron chi connectivity index (χ4n) is 1.62. The van der Waals surface area contributed by atoms with E-state index in [1.165, 1.54) is 25.7 Å². The van der Waals surface area contributed by atoms with E-state index >= 15 is 0 Å². The Morgan fingerprint density at radius 2 is 2.27 bits per heavy atom. The third-order valence-electron chi connectivity index (χ3n) is 2.58. The van der Waals surface area contributed by atoms with Gasteiger partial charge in [-0.25, -0.2) is 0 Å². The number of unbranched alkanes of at least 4 members (excludes halogenated alkanes) is 1. The molecule has 3 nitrogen and oxygen atoms in total. The average Bonchev–Trinajstić information content (AvgIpc) is 2.28. The van der Waals surface area contributed by atoms with Crippen molar-refractivity contribution in [3.63, 3.8) is 0 Å². The maximum Gasteiger partial charge on any atom is 0.166 e. The van der Waals surface area contributed by atoms with Crippen LogP contribution in [0.15, 0.2) is 0 Å². The molecule has 0 aromatic rings. The molecule has 0 saturated carbocycles. The number of hydrogen-bond acceptors (Lipinski definition) is 2. The molecule has 88 valence electrons. The summed E-state index contributed by atoms with van der Waals surface area (Å²) in [5.41, 5.74) is 0. The Morgan fingerprint density at radius 3 is 2.93 bits per heavy atom. The molecule has 15 heavy (non-hydrogen) atoms. The zero-order valence-corrected chi connectivity index (χ0v) is 10.4. The van der Waals surface area contributed by atoms with Gasteiger partial charge in [0.15, 0.2) is 5.11 Å². The van der Waals surface area contributed by atoms with Crippen molar-refractivity contribution in [2.75, 3.05) is 19.7 Å². The molecule has 2 N–H and O–H groups in total. The van der Waals surface area contributed by atoms with Crippen LogP contribution in [-0.2, 0) is 4.74 Å². The summed E-state index contributed by atoms with van der Waals surface area (Å²) in [5.74, 6) is 0. The van der Waals surface area contributed by atoms with Gasteiger partial charge in [-0.05, 0) is 37.9 Å². The second-order valence-electron chi connectivity index (χ2n) is 3.98. The summed E-state index contributed by atoms with van der Waals surface area (Å²) in [4.78, 5) is 0. The Hall–Kier alpha value is -0.350. The molecule has 4 heteroatoms. The lowest BCUT2D eigenvalue weighted by atomic mass is 10.1. The molecule has 0 amide bonds. The molecule has 0 aliphatic carbocycles. The molecule has 1 unspecified atom stereocenters. The summed E-state index contributed by atoms with van der Waals surface area (Å²) in [5, 5.41) is 7.16. The van der Waals surface area contributed by atoms with Gasteiger partial charge in [0.1, 0.15) is 0 Å². The predicted octanol–water partition coefficient (Wildman–Crippen LogP) is 1.82. The van der Waals surface area contributed by atoms with Crippen molar-refractivity contribution in [1.29, 1.82) is 0 Å². The second kappa shape index (κ2) is 7.88. The largest absolute Gasteiger partial charge is 0.376 e. The standard InChI is InChI=1S/C11H22N2OS/c1-2-3-7-12-11(15)13-9-10-6-4-5-8-14-10/h10H,2-9H2,1H3,(H2,12,13,15). The summed E-state index contributed by atoms with van der Waals surface area (Å²) in [7, 11) is 0. The van der Waals surface area contributed by atoms with E-state index < -0.39 is 0 Å². The van der Waals surface area contributed by atoms with Crippen LogP contribution in [0.2, 0.25) is 0 Å². The molecule has 1 aliphatic heterocycles. The highest BCUT2D eigenvalue weighted by molar-refractivity contribution is 7.80. The molecule has 1 fully saturated rings. The Kier molecular flexibility index (Phi) is 6.68. The quantitative estimate of drug-likeness (QED) is 0.557. The Balaban J connectivity index is 2.00. The van der Waals surface area contributed by atoms with E-state index in [9.17, 15) is 0 Å². The lowest BCUT2D eigenvalue weighted by Crippen LogP contribution is -2.41. The first-order chi connectivity index (χ1) is 7.33. The molecular weight excluding hydrogens is 208 g/mol. The summed E-state index contributed by atoms with van der Waals surface area (Å²) < 4.78 is 5.60. The van der Waals surface area contributed by atoms with Gasteiger partial charge in [-0.15, -0.1) is 0 Å². The zero-order valence-electron chi connectivity index (χ0n) is 9.55. The van der Waals surface area contributed by atoms with Crippen LogP contribution in [0.1, 0.15) is 39.0 Å². The van der Waals surface area contributed by atoms with Crippen LogP contribution in [0.4, 0.5) is 0 Å². The highest BCUT2D eigenvalue weighted by Gasteiger charge is 2.13. The van der Waals surface area contributed by atoms with Gasteiger partial charge in [-0.1, -0.05) is 13.3 Å². The maximum absolute atomic E-state index is 5.60. The Labute approximate surface area is 98.0 Å². The molecule has 0 radical (unpaired) electrons. The van der Waals surface area contributed by atoms with Gasteiger partial charge in [0.2, 0.25) is 0 Å². The molecule has 0 aromatic heterocycles. The van der Waals surface area contributed by atoms with Gasteiger partial charge in [0, 0.05) is 19.7 Å². The third kappa shape index (κ3) is 5.95. The average molecular weight is 230 g/mol. The van der Waals surface area contributed by atoms with E-state index in [0.29, 0.717) is 6.10 Å². The minimum absolute atomic E-state index is 0.352. The lowest BCUT2D eigenvalue weighted by Gasteiger charge is -2.23. The molecule has 1 atom stereocenters. The minimum atomic E-state index is 0.352. The van der Waals surface area contributed by atoms with E-state index in [-0.39, 0.29) is 0 Å². The van der Waals surface area contributed by atoms with Gasteiger partial charge < -0.3 is 15.4 Å². The summed E-state index contributed by atoms with van der Waals surface area (Å²) in [6.45, 7) is 4.89. The lowest BCUT2D eigenvalue weighted by molar-refractivity contribution is 0.0195. The van der Waals surface area contributed by atoms with Crippen LogP contribution >= 0.6 is 12.2 Å². The van der Waals surface area contributed by atoms with Crippen molar-refractivity contribution >= 4 is 17.3 Å². The van der Waals surface area contributed by atoms with E-state index in [1.54, 1.807) is 0 Å². The monoisotopic (exact) mass is 230 g/mol. The Morgan fingerprint density at radius 1 is 1.40 bits per heavy atom. The van der Waals surface area contributed by atoms with Crippen molar-refractivity contribution in [3.05, 3.63) is 0 Å². The first kappa shape index (κ1) is 12.7. The molecule has 0 spiro atoms. The van der Waals surface area contributed by atoms with Crippen LogP contribution in [0, 0.1) is 0 Å². The SMILES string of the molecule is CCCCNC(=S)NCC1CCCCO1. The van der Waals surface area contributed by atoms with Gasteiger partial charge in [0.25, 0.3) is 0 Å². The highest BCUT2D eigenvalue weighted by atomic mass is 32.1. The van der Waals surface area contributed by atoms with E-state index in [2.05, 4.69) is 17.6 Å². The van der Waals surface area contributed by atoms with Gasteiger partial charge in [0.05, 0.1) is 6.10 Å². The van der Waals surface area contributed by atoms with Crippen LogP contribution in [-0.4, -0.2) is 30.9 Å². The molecular formula is C11H22N2OS. The van der Waals surface area contributed by atoms with Crippen LogP contribution in [0.3, 0.4) is 0 Å². The van der Waals surface area contributed by atoms with Crippen molar-refractivity contribution < 1.29 is 4.74 Å². The molecule has 1 rings (SSSR count). The third-order valence-corrected chi connectivity index (χ3v) is 2.87. The van der Waals surface area contributed by atoms with Gasteiger partial charge >= 0.3 is 0 Å². The number of ether oxygens (including phenoxy) is 1. The normalized spacial score (nSPS) is 21.0. The fourth-order valence-corrected chi connectivity index (χ4v) is 1.80. The highest BCUT2D eigenvalue weighted by Crippen LogP contribution is 2.11. The smallest absolute Gasteiger partial charge is 0.166 e. The van der Waals surface area contributed by atoms with E-state index in [4.69, 9.17) is 17.0 Å². The number of thiocarbonyl (C=S) groups is 1. The Bertz CT molecular complexity index is 181. The van der Waals surface area contributed by atoms with Crippen LogP contribution in [0.25, 0.3) is 0 Å². The maximum atomic E-state index is 5.60. The second-order valence-corrected chi connectivity index (χ2v) is 4.39. The first-order valence-electron chi connectivity index (χ1n) is 5.96. The number of hydrogen-bond donors (Lipinski definition) is 2. The van der Waals surface area contributed by atoms with Crippen molar-refractivity contribution in [2.45, 2.75) is 45.1 Å². The summed E-state index contributed by atoms with van der Waals surface area (Å²) >= 11 is 5.16. The predicted molar refractivity (Wildman–Crippen MR) is 67.1 cm³/mol. The summed E-state index contributed by atoms with van der Waals surface area (Å²) in [6, 6.07) is 0. The van der Waals surface area contributed by atoms with Crippen molar-refractivity contribution in [2.24, 2.45) is 0 Å². The topological polar surface area (TPSA) is 33.3 Å². The molecule has 1 heterocycles.